The van der Waals surface area contributed by atoms with Crippen molar-refractivity contribution in [3.8, 4) is 0 Å². The third-order valence-corrected chi connectivity index (χ3v) is 2.34. The second kappa shape index (κ2) is 4.20. The topological polar surface area (TPSA) is 12.0 Å². The molecule has 0 saturated carbocycles. The van der Waals surface area contributed by atoms with E-state index in [0.717, 1.165) is 22.7 Å². The molecule has 0 bridgehead atoms. The Hall–Kier alpha value is -1.41. The molecular weight excluding hydrogens is 190 g/mol. The zero-order valence-electron chi connectivity index (χ0n) is 7.73. The van der Waals surface area contributed by atoms with Crippen molar-refractivity contribution in [1.29, 1.82) is 0 Å². The van der Waals surface area contributed by atoms with Gasteiger partial charge in [-0.05, 0) is 24.3 Å². The van der Waals surface area contributed by atoms with Crippen molar-refractivity contribution < 1.29 is 0 Å². The Morgan fingerprint density at radius 3 is 2.50 bits per heavy atom. The molecule has 0 aromatic heterocycles. The summed E-state index contributed by atoms with van der Waals surface area (Å²) in [6.45, 7) is 0. The third kappa shape index (κ3) is 2.30. The van der Waals surface area contributed by atoms with Crippen LogP contribution in [0.3, 0.4) is 0 Å². The molecule has 2 rings (SSSR count). The maximum atomic E-state index is 5.06. The number of para-hydroxylation sites is 1. The maximum absolute atomic E-state index is 5.06. The Kier molecular flexibility index (Phi) is 2.75. The van der Waals surface area contributed by atoms with Gasteiger partial charge < -0.3 is 5.32 Å². The van der Waals surface area contributed by atoms with Crippen LogP contribution in [0.5, 0.6) is 0 Å². The fourth-order valence-electron chi connectivity index (χ4n) is 1.31. The van der Waals surface area contributed by atoms with Crippen LogP contribution in [0.25, 0.3) is 0 Å². The van der Waals surface area contributed by atoms with E-state index in [0.29, 0.717) is 0 Å². The van der Waals surface area contributed by atoms with Gasteiger partial charge in [0.05, 0.1) is 0 Å². The minimum atomic E-state index is 0.862. The molecule has 1 aromatic rings. The lowest BCUT2D eigenvalue weighted by Crippen LogP contribution is -2.02. The first kappa shape index (κ1) is 9.16. The van der Waals surface area contributed by atoms with Crippen LogP contribution in [-0.4, -0.2) is 4.86 Å². The summed E-state index contributed by atoms with van der Waals surface area (Å²) in [4.78, 5) is 0.989. The number of allylic oxidation sites excluding steroid dienone is 3. The highest BCUT2D eigenvalue weighted by Gasteiger charge is 2.00. The summed E-state index contributed by atoms with van der Waals surface area (Å²) >= 11 is 5.06. The van der Waals surface area contributed by atoms with Gasteiger partial charge in [0, 0.05) is 22.7 Å². The lowest BCUT2D eigenvalue weighted by atomic mass is 10.1. The van der Waals surface area contributed by atoms with Gasteiger partial charge in [0.15, 0.2) is 0 Å². The van der Waals surface area contributed by atoms with E-state index in [4.69, 9.17) is 12.2 Å². The molecule has 0 radical (unpaired) electrons. The van der Waals surface area contributed by atoms with Gasteiger partial charge in [0.2, 0.25) is 0 Å². The molecule has 1 aromatic carbocycles. The van der Waals surface area contributed by atoms with Crippen LogP contribution >= 0.6 is 12.2 Å². The van der Waals surface area contributed by atoms with Crippen molar-refractivity contribution in [3.63, 3.8) is 0 Å². The van der Waals surface area contributed by atoms with Crippen molar-refractivity contribution >= 4 is 22.8 Å². The molecule has 0 aliphatic heterocycles. The molecule has 0 fully saturated rings. The highest BCUT2D eigenvalue weighted by molar-refractivity contribution is 7.80. The predicted molar refractivity (Wildman–Crippen MR) is 64.5 cm³/mol. The number of thiocarbonyl (C=S) groups is 1. The van der Waals surface area contributed by atoms with Crippen LogP contribution in [0.1, 0.15) is 6.42 Å². The lowest BCUT2D eigenvalue weighted by molar-refractivity contribution is 1.37. The SMILES string of the molecule is S=C1C=CC(Nc2ccccc2)=CC1. The van der Waals surface area contributed by atoms with E-state index in [1.54, 1.807) is 0 Å². The van der Waals surface area contributed by atoms with E-state index in [-0.39, 0.29) is 0 Å². The van der Waals surface area contributed by atoms with Crippen LogP contribution in [0.15, 0.2) is 54.3 Å². The van der Waals surface area contributed by atoms with E-state index >= 15 is 0 Å². The van der Waals surface area contributed by atoms with Gasteiger partial charge in [-0.2, -0.15) is 0 Å². The second-order valence-corrected chi connectivity index (χ2v) is 3.68. The van der Waals surface area contributed by atoms with Gasteiger partial charge in [-0.1, -0.05) is 36.5 Å². The summed E-state index contributed by atoms with van der Waals surface area (Å²) < 4.78 is 0. The molecule has 0 amide bonds. The fourth-order valence-corrected chi connectivity index (χ4v) is 1.46. The number of anilines is 1. The normalized spacial score (nSPS) is 15.1. The first-order chi connectivity index (χ1) is 6.84. The van der Waals surface area contributed by atoms with Crippen LogP contribution in [0, 0.1) is 0 Å². The Labute approximate surface area is 89.1 Å². The van der Waals surface area contributed by atoms with Gasteiger partial charge in [0.1, 0.15) is 0 Å². The largest absolute Gasteiger partial charge is 0.356 e. The molecule has 0 heterocycles. The van der Waals surface area contributed by atoms with E-state index in [2.05, 4.69) is 11.4 Å². The Bertz CT molecular complexity index is 390. The minimum Gasteiger partial charge on any atom is -0.356 e. The molecule has 1 nitrogen and oxygen atoms in total. The molecule has 1 N–H and O–H groups in total. The van der Waals surface area contributed by atoms with Crippen molar-refractivity contribution in [2.75, 3.05) is 5.32 Å². The molecule has 0 saturated heterocycles. The van der Waals surface area contributed by atoms with E-state index in [1.807, 2.05) is 42.5 Å². The number of benzene rings is 1. The minimum absolute atomic E-state index is 0.862. The molecule has 70 valence electrons. The molecule has 1 aliphatic carbocycles. The predicted octanol–water partition coefficient (Wildman–Crippen LogP) is 3.31. The summed E-state index contributed by atoms with van der Waals surface area (Å²) in [5.41, 5.74) is 2.22. The van der Waals surface area contributed by atoms with E-state index in [1.165, 1.54) is 0 Å². The number of hydrogen-bond donors (Lipinski definition) is 1. The first-order valence-corrected chi connectivity index (χ1v) is 4.98. The van der Waals surface area contributed by atoms with Crippen molar-refractivity contribution in [3.05, 3.63) is 54.3 Å². The van der Waals surface area contributed by atoms with Gasteiger partial charge in [-0.15, -0.1) is 0 Å². The van der Waals surface area contributed by atoms with Gasteiger partial charge >= 0.3 is 0 Å². The fraction of sp³-hybridized carbons (Fsp3) is 0.0833. The van der Waals surface area contributed by atoms with Crippen LogP contribution < -0.4 is 5.32 Å². The maximum Gasteiger partial charge on any atom is 0.0384 e. The lowest BCUT2D eigenvalue weighted by Gasteiger charge is -2.10. The van der Waals surface area contributed by atoms with E-state index in [9.17, 15) is 0 Å². The average molecular weight is 201 g/mol. The van der Waals surface area contributed by atoms with E-state index < -0.39 is 0 Å². The molecule has 0 atom stereocenters. The van der Waals surface area contributed by atoms with Crippen molar-refractivity contribution in [2.24, 2.45) is 0 Å². The smallest absolute Gasteiger partial charge is 0.0384 e. The van der Waals surface area contributed by atoms with Gasteiger partial charge in [0.25, 0.3) is 0 Å². The zero-order valence-corrected chi connectivity index (χ0v) is 8.55. The third-order valence-electron chi connectivity index (χ3n) is 2.03. The molecule has 1 aliphatic rings. The molecule has 0 unspecified atom stereocenters. The molecular formula is C12H11NS. The Morgan fingerprint density at radius 2 is 1.86 bits per heavy atom. The van der Waals surface area contributed by atoms with Gasteiger partial charge in [-0.25, -0.2) is 0 Å². The quantitative estimate of drug-likeness (QED) is 0.737. The molecule has 14 heavy (non-hydrogen) atoms. The number of rotatable bonds is 2. The highest BCUT2D eigenvalue weighted by Crippen LogP contribution is 2.13. The summed E-state index contributed by atoms with van der Waals surface area (Å²) in [6, 6.07) is 10.1. The summed E-state index contributed by atoms with van der Waals surface area (Å²) in [5.74, 6) is 0. The van der Waals surface area contributed by atoms with Crippen LogP contribution in [0.4, 0.5) is 5.69 Å². The monoisotopic (exact) mass is 201 g/mol. The van der Waals surface area contributed by atoms with Crippen LogP contribution in [-0.2, 0) is 0 Å². The first-order valence-electron chi connectivity index (χ1n) is 4.58. The Morgan fingerprint density at radius 1 is 1.07 bits per heavy atom. The summed E-state index contributed by atoms with van der Waals surface area (Å²) in [5, 5.41) is 3.32. The number of nitrogens with one attached hydrogen (secondary N) is 1. The zero-order chi connectivity index (χ0) is 9.80. The molecule has 0 spiro atoms. The molecule has 2 heteroatoms. The summed E-state index contributed by atoms with van der Waals surface area (Å²) in [7, 11) is 0. The summed E-state index contributed by atoms with van der Waals surface area (Å²) in [6.07, 6.45) is 6.95. The highest BCUT2D eigenvalue weighted by atomic mass is 32.1. The van der Waals surface area contributed by atoms with Gasteiger partial charge in [-0.3, -0.25) is 0 Å². The average Bonchev–Trinajstić information content (AvgIpc) is 2.23. The van der Waals surface area contributed by atoms with Crippen molar-refractivity contribution in [1.82, 2.24) is 0 Å². The second-order valence-electron chi connectivity index (χ2n) is 3.15. The Balaban J connectivity index is 2.06. The number of hydrogen-bond acceptors (Lipinski definition) is 2. The van der Waals surface area contributed by atoms with Crippen LogP contribution in [0.2, 0.25) is 0 Å². The van der Waals surface area contributed by atoms with Crippen molar-refractivity contribution in [2.45, 2.75) is 6.42 Å². The standard InChI is InChI=1S/C12H11NS/c14-12-8-6-11(7-9-12)13-10-4-2-1-3-5-10/h1-8,13H,9H2.